The zero-order valence-electron chi connectivity index (χ0n) is 19.1. The highest BCUT2D eigenvalue weighted by Gasteiger charge is 2.34. The number of fused-ring (bicyclic) bond motifs is 1. The van der Waals surface area contributed by atoms with E-state index in [0.717, 1.165) is 22.0 Å². The Kier molecular flexibility index (Phi) is 6.75. The average molecular weight is 491 g/mol. The van der Waals surface area contributed by atoms with Crippen LogP contribution in [0, 0.1) is 5.92 Å². The van der Waals surface area contributed by atoms with Crippen molar-refractivity contribution < 1.29 is 18.8 Å². The molecule has 0 aliphatic heterocycles. The van der Waals surface area contributed by atoms with Crippen LogP contribution in [-0.4, -0.2) is 27.5 Å². The topological polar surface area (TPSA) is 82.3 Å². The standard InChI is InChI=1S/C24H31BrN2O4/c1-23(2,3)22-26-20(27-31-22)19(28)13-16-11-15(21(29)30-24(4,5)6)8-7-14-12-17(25)9-10-18(14)16/h9-10,12,15-16H,7-8,11,13H2,1-6H3. The molecule has 2 unspecified atom stereocenters. The van der Waals surface area contributed by atoms with Gasteiger partial charge in [0.25, 0.3) is 0 Å². The Bertz CT molecular complexity index is 969. The molecule has 2 aromatic rings. The fraction of sp³-hybridized carbons (Fsp3) is 0.583. The van der Waals surface area contributed by atoms with Crippen LogP contribution < -0.4 is 0 Å². The summed E-state index contributed by atoms with van der Waals surface area (Å²) in [6.07, 6.45) is 2.23. The van der Waals surface area contributed by atoms with E-state index >= 15 is 0 Å². The lowest BCUT2D eigenvalue weighted by Gasteiger charge is -2.25. The number of carbonyl (C=O) groups is 2. The quantitative estimate of drug-likeness (QED) is 0.306. The molecule has 6 nitrogen and oxygen atoms in total. The number of ketones is 1. The van der Waals surface area contributed by atoms with E-state index in [2.05, 4.69) is 32.1 Å². The van der Waals surface area contributed by atoms with Gasteiger partial charge in [-0.3, -0.25) is 9.59 Å². The first-order chi connectivity index (χ1) is 14.3. The zero-order chi connectivity index (χ0) is 23.0. The Hall–Kier alpha value is -2.02. The number of aromatic nitrogens is 2. The van der Waals surface area contributed by atoms with Crippen LogP contribution in [0.15, 0.2) is 27.2 Å². The van der Waals surface area contributed by atoms with Crippen molar-refractivity contribution in [3.05, 3.63) is 45.5 Å². The molecule has 1 aromatic heterocycles. The largest absolute Gasteiger partial charge is 0.460 e. The molecule has 1 aliphatic rings. The summed E-state index contributed by atoms with van der Waals surface area (Å²) in [7, 11) is 0. The summed E-state index contributed by atoms with van der Waals surface area (Å²) >= 11 is 3.54. The van der Waals surface area contributed by atoms with E-state index in [1.54, 1.807) is 0 Å². The molecule has 168 valence electrons. The normalized spacial score (nSPS) is 19.5. The smallest absolute Gasteiger partial charge is 0.309 e. The van der Waals surface area contributed by atoms with E-state index in [0.29, 0.717) is 18.7 Å². The Morgan fingerprint density at radius 3 is 2.52 bits per heavy atom. The molecular weight excluding hydrogens is 460 g/mol. The minimum atomic E-state index is -0.543. The molecule has 0 radical (unpaired) electrons. The second-order valence-electron chi connectivity index (χ2n) is 10.3. The van der Waals surface area contributed by atoms with Crippen LogP contribution in [0.3, 0.4) is 0 Å². The van der Waals surface area contributed by atoms with Crippen molar-refractivity contribution in [3.63, 3.8) is 0 Å². The van der Waals surface area contributed by atoms with Crippen molar-refractivity contribution in [2.45, 2.75) is 84.2 Å². The number of rotatable bonds is 4. The number of hydrogen-bond donors (Lipinski definition) is 0. The second kappa shape index (κ2) is 8.85. The van der Waals surface area contributed by atoms with Crippen molar-refractivity contribution in [1.82, 2.24) is 10.1 Å². The molecule has 1 aliphatic carbocycles. The van der Waals surface area contributed by atoms with E-state index < -0.39 is 5.60 Å². The summed E-state index contributed by atoms with van der Waals surface area (Å²) < 4.78 is 11.9. The average Bonchev–Trinajstić information content (AvgIpc) is 3.07. The Labute approximate surface area is 192 Å². The van der Waals surface area contributed by atoms with E-state index in [-0.39, 0.29) is 41.2 Å². The van der Waals surface area contributed by atoms with Gasteiger partial charge < -0.3 is 9.26 Å². The number of ether oxygens (including phenoxy) is 1. The summed E-state index contributed by atoms with van der Waals surface area (Å²) in [5.41, 5.74) is 1.39. The van der Waals surface area contributed by atoms with Crippen LogP contribution in [-0.2, 0) is 21.4 Å². The maximum atomic E-state index is 13.0. The van der Waals surface area contributed by atoms with Crippen LogP contribution in [0.5, 0.6) is 0 Å². The first-order valence-corrected chi connectivity index (χ1v) is 11.5. The SMILES string of the molecule is CC(C)(C)OC(=O)C1CCc2cc(Br)ccc2C(CC(=O)c2noc(C(C)(C)C)n2)C1. The minimum absolute atomic E-state index is 0.0988. The van der Waals surface area contributed by atoms with Gasteiger partial charge in [-0.2, -0.15) is 4.98 Å². The van der Waals surface area contributed by atoms with Gasteiger partial charge in [-0.15, -0.1) is 0 Å². The first kappa shape index (κ1) is 23.6. The predicted octanol–water partition coefficient (Wildman–Crippen LogP) is 5.78. The Morgan fingerprint density at radius 1 is 1.19 bits per heavy atom. The van der Waals surface area contributed by atoms with Crippen LogP contribution in [0.25, 0.3) is 0 Å². The third-order valence-electron chi connectivity index (χ3n) is 5.36. The highest BCUT2D eigenvalue weighted by molar-refractivity contribution is 9.10. The number of halogens is 1. The lowest BCUT2D eigenvalue weighted by Crippen LogP contribution is -2.29. The number of nitrogens with zero attached hydrogens (tertiary/aromatic N) is 2. The van der Waals surface area contributed by atoms with E-state index in [9.17, 15) is 9.59 Å². The molecule has 0 N–H and O–H groups in total. The van der Waals surface area contributed by atoms with Gasteiger partial charge in [0.1, 0.15) is 5.60 Å². The molecule has 7 heteroatoms. The maximum Gasteiger partial charge on any atom is 0.309 e. The molecule has 31 heavy (non-hydrogen) atoms. The second-order valence-corrected chi connectivity index (χ2v) is 11.3. The van der Waals surface area contributed by atoms with Crippen molar-refractivity contribution >= 4 is 27.7 Å². The molecule has 0 saturated carbocycles. The van der Waals surface area contributed by atoms with Crippen LogP contribution in [0.4, 0.5) is 0 Å². The third-order valence-corrected chi connectivity index (χ3v) is 5.86. The van der Waals surface area contributed by atoms with Gasteiger partial charge in [-0.1, -0.05) is 47.9 Å². The predicted molar refractivity (Wildman–Crippen MR) is 121 cm³/mol. The summed E-state index contributed by atoms with van der Waals surface area (Å²) in [4.78, 5) is 30.2. The number of Topliss-reactive ketones (excluding diaryl/α,β-unsaturated/α-hetero) is 1. The number of esters is 1. The monoisotopic (exact) mass is 490 g/mol. The summed E-state index contributed by atoms with van der Waals surface area (Å²) in [6.45, 7) is 11.5. The van der Waals surface area contributed by atoms with Gasteiger partial charge >= 0.3 is 5.97 Å². The summed E-state index contributed by atoms with van der Waals surface area (Å²) in [5, 5.41) is 3.91. The van der Waals surface area contributed by atoms with E-state index in [1.807, 2.05) is 53.7 Å². The lowest BCUT2D eigenvalue weighted by atomic mass is 9.85. The molecule has 2 atom stereocenters. The molecule has 0 fully saturated rings. The van der Waals surface area contributed by atoms with E-state index in [4.69, 9.17) is 9.26 Å². The number of carbonyl (C=O) groups excluding carboxylic acids is 2. The van der Waals surface area contributed by atoms with Crippen molar-refractivity contribution in [2.75, 3.05) is 0 Å². The third kappa shape index (κ3) is 6.03. The molecular formula is C24H31BrN2O4. The Balaban J connectivity index is 1.86. The lowest BCUT2D eigenvalue weighted by molar-refractivity contribution is -0.160. The number of hydrogen-bond acceptors (Lipinski definition) is 6. The molecule has 0 bridgehead atoms. The van der Waals surface area contributed by atoms with Crippen molar-refractivity contribution in [3.8, 4) is 0 Å². The van der Waals surface area contributed by atoms with Crippen molar-refractivity contribution in [1.29, 1.82) is 0 Å². The van der Waals surface area contributed by atoms with Gasteiger partial charge in [0.05, 0.1) is 5.92 Å². The fourth-order valence-electron chi connectivity index (χ4n) is 3.86. The molecule has 3 rings (SSSR count). The van der Waals surface area contributed by atoms with Gasteiger partial charge in [-0.05, 0) is 69.2 Å². The Morgan fingerprint density at radius 2 is 1.90 bits per heavy atom. The van der Waals surface area contributed by atoms with Gasteiger partial charge in [0, 0.05) is 16.3 Å². The van der Waals surface area contributed by atoms with Gasteiger partial charge in [0.2, 0.25) is 17.5 Å². The van der Waals surface area contributed by atoms with Gasteiger partial charge in [0.15, 0.2) is 0 Å². The minimum Gasteiger partial charge on any atom is -0.460 e. The molecule has 0 amide bonds. The number of aryl methyl sites for hydroxylation is 1. The first-order valence-electron chi connectivity index (χ1n) is 10.7. The molecule has 1 heterocycles. The van der Waals surface area contributed by atoms with E-state index in [1.165, 1.54) is 0 Å². The van der Waals surface area contributed by atoms with Gasteiger partial charge in [-0.25, -0.2) is 0 Å². The maximum absolute atomic E-state index is 13.0. The zero-order valence-corrected chi connectivity index (χ0v) is 20.7. The molecule has 0 saturated heterocycles. The van der Waals surface area contributed by atoms with Crippen LogP contribution >= 0.6 is 15.9 Å². The highest BCUT2D eigenvalue weighted by Crippen LogP contribution is 2.38. The van der Waals surface area contributed by atoms with Crippen LogP contribution in [0.1, 0.15) is 94.4 Å². The summed E-state index contributed by atoms with van der Waals surface area (Å²) in [5.74, 6) is -0.227. The van der Waals surface area contributed by atoms with Crippen molar-refractivity contribution in [2.24, 2.45) is 5.92 Å². The van der Waals surface area contributed by atoms with Crippen LogP contribution in [0.2, 0.25) is 0 Å². The highest BCUT2D eigenvalue weighted by atomic mass is 79.9. The fourth-order valence-corrected chi connectivity index (χ4v) is 4.26. The number of benzene rings is 1. The molecule has 1 aromatic carbocycles. The molecule has 0 spiro atoms. The summed E-state index contributed by atoms with van der Waals surface area (Å²) in [6, 6.07) is 6.11.